The Bertz CT molecular complexity index is 694. The molecule has 2 N–H and O–H groups in total. The van der Waals surface area contributed by atoms with Crippen LogP contribution in [0.4, 0.5) is 0 Å². The van der Waals surface area contributed by atoms with Gasteiger partial charge in [-0.2, -0.15) is 0 Å². The highest BCUT2D eigenvalue weighted by Crippen LogP contribution is 2.41. The maximum Gasteiger partial charge on any atom is 0.161 e. The van der Waals surface area contributed by atoms with Gasteiger partial charge in [-0.3, -0.25) is 0 Å². The Kier molecular flexibility index (Phi) is 4.58. The lowest BCUT2D eigenvalue weighted by molar-refractivity contribution is 0.353. The van der Waals surface area contributed by atoms with E-state index < -0.39 is 0 Å². The fourth-order valence-corrected chi connectivity index (χ4v) is 3.64. The van der Waals surface area contributed by atoms with Crippen LogP contribution in [0.5, 0.6) is 11.5 Å². The Balaban J connectivity index is 2.17. The topological polar surface area (TPSA) is 44.5 Å². The number of fused-ring (bicyclic) bond motifs is 2. The summed E-state index contributed by atoms with van der Waals surface area (Å²) in [6, 6.07) is 13.2. The van der Waals surface area contributed by atoms with Crippen LogP contribution in [-0.2, 0) is 12.8 Å². The van der Waals surface area contributed by atoms with E-state index in [0.717, 1.165) is 30.8 Å². The average molecular weight is 311 g/mol. The molecule has 0 aliphatic heterocycles. The van der Waals surface area contributed by atoms with E-state index in [0.29, 0.717) is 5.92 Å². The van der Waals surface area contributed by atoms with Crippen LogP contribution >= 0.6 is 0 Å². The van der Waals surface area contributed by atoms with Crippen LogP contribution in [0.1, 0.15) is 41.5 Å². The third kappa shape index (κ3) is 3.06. The fraction of sp³-hybridized carbons (Fsp3) is 0.400. The van der Waals surface area contributed by atoms with E-state index in [2.05, 4.69) is 43.3 Å². The molecule has 0 radical (unpaired) electrons. The van der Waals surface area contributed by atoms with Crippen molar-refractivity contribution in [2.75, 3.05) is 14.2 Å². The first-order chi connectivity index (χ1) is 11.1. The summed E-state index contributed by atoms with van der Waals surface area (Å²) in [5.41, 5.74) is 11.6. The van der Waals surface area contributed by atoms with Crippen LogP contribution in [0.25, 0.3) is 0 Å². The molecule has 3 nitrogen and oxygen atoms in total. The van der Waals surface area contributed by atoms with Crippen molar-refractivity contribution in [3.63, 3.8) is 0 Å². The molecule has 0 heterocycles. The Morgan fingerprint density at radius 1 is 1.00 bits per heavy atom. The zero-order valence-corrected chi connectivity index (χ0v) is 14.1. The van der Waals surface area contributed by atoms with E-state index in [9.17, 15) is 0 Å². The molecule has 122 valence electrons. The SMILES string of the molecule is COc1cc2c(cc1OC)C(CC(C)N)c1ccccc1CC2. The molecule has 3 rings (SSSR count). The number of rotatable bonds is 4. The normalized spacial score (nSPS) is 17.7. The second-order valence-corrected chi connectivity index (χ2v) is 6.37. The lowest BCUT2D eigenvalue weighted by atomic mass is 9.83. The largest absolute Gasteiger partial charge is 0.493 e. The second kappa shape index (κ2) is 6.63. The number of benzene rings is 2. The summed E-state index contributed by atoms with van der Waals surface area (Å²) >= 11 is 0. The van der Waals surface area contributed by atoms with Gasteiger partial charge >= 0.3 is 0 Å². The molecular formula is C20H25NO2. The highest BCUT2D eigenvalue weighted by atomic mass is 16.5. The monoisotopic (exact) mass is 311 g/mol. The third-order valence-electron chi connectivity index (χ3n) is 4.72. The molecule has 2 atom stereocenters. The number of nitrogens with two attached hydrogens (primary N) is 1. The Hall–Kier alpha value is -2.00. The number of methoxy groups -OCH3 is 2. The molecule has 1 aliphatic rings. The summed E-state index contributed by atoms with van der Waals surface area (Å²) in [5.74, 6) is 1.90. The molecule has 0 aromatic heterocycles. The van der Waals surface area contributed by atoms with Crippen molar-refractivity contribution in [2.45, 2.75) is 38.1 Å². The van der Waals surface area contributed by atoms with Crippen molar-refractivity contribution in [1.29, 1.82) is 0 Å². The van der Waals surface area contributed by atoms with E-state index in [1.54, 1.807) is 14.2 Å². The van der Waals surface area contributed by atoms with Crippen LogP contribution in [0.15, 0.2) is 36.4 Å². The molecule has 0 amide bonds. The molecule has 2 unspecified atom stereocenters. The first-order valence-electron chi connectivity index (χ1n) is 8.22. The second-order valence-electron chi connectivity index (χ2n) is 6.37. The summed E-state index contributed by atoms with van der Waals surface area (Å²) < 4.78 is 11.0. The van der Waals surface area contributed by atoms with Crippen LogP contribution in [0, 0.1) is 0 Å². The van der Waals surface area contributed by atoms with Gasteiger partial charge in [-0.15, -0.1) is 0 Å². The lowest BCUT2D eigenvalue weighted by Crippen LogP contribution is -2.20. The standard InChI is InChI=1S/C20H25NO2/c1-13(21)10-18-16-7-5-4-6-14(16)8-9-15-11-19(22-2)20(23-3)12-17(15)18/h4-7,11-13,18H,8-10,21H2,1-3H3. The Morgan fingerprint density at radius 3 is 2.35 bits per heavy atom. The molecule has 0 saturated heterocycles. The van der Waals surface area contributed by atoms with Crippen LogP contribution in [0.3, 0.4) is 0 Å². The van der Waals surface area contributed by atoms with E-state index >= 15 is 0 Å². The fourth-order valence-electron chi connectivity index (χ4n) is 3.64. The lowest BCUT2D eigenvalue weighted by Gasteiger charge is -2.23. The molecule has 0 fully saturated rings. The molecule has 0 saturated carbocycles. The van der Waals surface area contributed by atoms with Crippen LogP contribution < -0.4 is 15.2 Å². The maximum atomic E-state index is 6.16. The van der Waals surface area contributed by atoms with Crippen LogP contribution in [0.2, 0.25) is 0 Å². The van der Waals surface area contributed by atoms with E-state index in [-0.39, 0.29) is 6.04 Å². The van der Waals surface area contributed by atoms with Crippen molar-refractivity contribution >= 4 is 0 Å². The number of aryl methyl sites for hydroxylation is 2. The van der Waals surface area contributed by atoms with Crippen molar-refractivity contribution in [3.8, 4) is 11.5 Å². The molecule has 0 bridgehead atoms. The molecule has 2 aromatic rings. The predicted octanol–water partition coefficient (Wildman–Crippen LogP) is 3.67. The number of ether oxygens (including phenoxy) is 2. The molecule has 23 heavy (non-hydrogen) atoms. The van der Waals surface area contributed by atoms with Crippen LogP contribution in [-0.4, -0.2) is 20.3 Å². The predicted molar refractivity (Wildman–Crippen MR) is 93.5 cm³/mol. The van der Waals surface area contributed by atoms with Crippen molar-refractivity contribution in [1.82, 2.24) is 0 Å². The number of hydrogen-bond acceptors (Lipinski definition) is 3. The van der Waals surface area contributed by atoms with Gasteiger partial charge in [-0.05, 0) is 60.6 Å². The summed E-state index contributed by atoms with van der Waals surface area (Å²) in [6.07, 6.45) is 3.00. The van der Waals surface area contributed by atoms with Gasteiger partial charge in [-0.1, -0.05) is 24.3 Å². The smallest absolute Gasteiger partial charge is 0.161 e. The van der Waals surface area contributed by atoms with Crippen molar-refractivity contribution < 1.29 is 9.47 Å². The van der Waals surface area contributed by atoms with E-state index in [1.807, 2.05) is 0 Å². The highest BCUT2D eigenvalue weighted by Gasteiger charge is 2.26. The van der Waals surface area contributed by atoms with Gasteiger partial charge in [0.05, 0.1) is 14.2 Å². The Labute approximate surface area is 138 Å². The summed E-state index contributed by atoms with van der Waals surface area (Å²) in [7, 11) is 3.38. The van der Waals surface area contributed by atoms with E-state index in [4.69, 9.17) is 15.2 Å². The van der Waals surface area contributed by atoms with Crippen molar-refractivity contribution in [3.05, 3.63) is 58.7 Å². The Morgan fingerprint density at radius 2 is 1.65 bits per heavy atom. The van der Waals surface area contributed by atoms with Gasteiger partial charge in [0.2, 0.25) is 0 Å². The molecule has 3 heteroatoms. The zero-order valence-electron chi connectivity index (χ0n) is 14.1. The van der Waals surface area contributed by atoms with Gasteiger partial charge in [0, 0.05) is 12.0 Å². The van der Waals surface area contributed by atoms with Gasteiger partial charge in [0.1, 0.15) is 0 Å². The quantitative estimate of drug-likeness (QED) is 0.937. The third-order valence-corrected chi connectivity index (χ3v) is 4.72. The highest BCUT2D eigenvalue weighted by molar-refractivity contribution is 5.53. The maximum absolute atomic E-state index is 6.16. The van der Waals surface area contributed by atoms with E-state index in [1.165, 1.54) is 22.3 Å². The minimum Gasteiger partial charge on any atom is -0.493 e. The summed E-state index contributed by atoms with van der Waals surface area (Å²) in [4.78, 5) is 0. The molecular weight excluding hydrogens is 286 g/mol. The summed E-state index contributed by atoms with van der Waals surface area (Å²) in [5, 5.41) is 0. The first kappa shape index (κ1) is 15.9. The van der Waals surface area contributed by atoms with Gasteiger partial charge in [0.25, 0.3) is 0 Å². The first-order valence-corrected chi connectivity index (χ1v) is 8.22. The minimum absolute atomic E-state index is 0.145. The van der Waals surface area contributed by atoms with Gasteiger partial charge in [-0.25, -0.2) is 0 Å². The zero-order chi connectivity index (χ0) is 16.4. The van der Waals surface area contributed by atoms with Gasteiger partial charge < -0.3 is 15.2 Å². The van der Waals surface area contributed by atoms with Gasteiger partial charge in [0.15, 0.2) is 11.5 Å². The molecule has 0 spiro atoms. The minimum atomic E-state index is 0.145. The molecule has 2 aromatic carbocycles. The number of hydrogen-bond donors (Lipinski definition) is 1. The molecule has 1 aliphatic carbocycles. The van der Waals surface area contributed by atoms with Crippen molar-refractivity contribution in [2.24, 2.45) is 5.73 Å². The summed E-state index contributed by atoms with van der Waals surface area (Å²) in [6.45, 7) is 2.08. The average Bonchev–Trinajstić information content (AvgIpc) is 2.71.